The Balaban J connectivity index is 1.54. The molecule has 1 aliphatic carbocycles. The third-order valence-corrected chi connectivity index (χ3v) is 8.07. The van der Waals surface area contributed by atoms with Crippen LogP contribution in [0.4, 0.5) is 0 Å². The molecule has 1 fully saturated rings. The first-order chi connectivity index (χ1) is 17.0. The molecular weight excluding hydrogens is 456 g/mol. The van der Waals surface area contributed by atoms with E-state index in [1.165, 1.54) is 24.1 Å². The second-order valence-electron chi connectivity index (χ2n) is 10.1. The maximum absolute atomic E-state index is 13.2. The molecule has 0 bridgehead atoms. The topological polar surface area (TPSA) is 79.7 Å². The zero-order chi connectivity index (χ0) is 24.4. The minimum atomic E-state index is -0.0302. The van der Waals surface area contributed by atoms with Gasteiger partial charge in [-0.05, 0) is 64.6 Å². The van der Waals surface area contributed by atoms with Crippen LogP contribution in [0.3, 0.4) is 0 Å². The molecule has 184 valence electrons. The van der Waals surface area contributed by atoms with Crippen molar-refractivity contribution in [1.29, 1.82) is 0 Å². The molecule has 7 nitrogen and oxygen atoms in total. The van der Waals surface area contributed by atoms with Crippen molar-refractivity contribution < 1.29 is 0 Å². The van der Waals surface area contributed by atoms with Gasteiger partial charge in [0.2, 0.25) is 0 Å². The van der Waals surface area contributed by atoms with E-state index in [2.05, 4.69) is 67.5 Å². The number of H-pyrrole nitrogens is 1. The first-order valence-electron chi connectivity index (χ1n) is 12.7. The SMILES string of the molecule is Cc1cccc2cc(CN(Cc3cccs3)C(c3nnnn3C3CCCCC3)C(C)C)c(=O)[nH]c12. The number of aromatic amines is 1. The van der Waals surface area contributed by atoms with Gasteiger partial charge in [-0.15, -0.1) is 16.4 Å². The largest absolute Gasteiger partial charge is 0.321 e. The molecule has 3 aromatic heterocycles. The lowest BCUT2D eigenvalue weighted by molar-refractivity contribution is 0.122. The van der Waals surface area contributed by atoms with E-state index in [1.54, 1.807) is 11.3 Å². The minimum absolute atomic E-state index is 0.0124. The van der Waals surface area contributed by atoms with E-state index in [-0.39, 0.29) is 17.5 Å². The average Bonchev–Trinajstić information content (AvgIpc) is 3.53. The predicted octanol–water partition coefficient (Wildman–Crippen LogP) is 5.79. The van der Waals surface area contributed by atoms with E-state index in [0.717, 1.165) is 47.2 Å². The highest BCUT2D eigenvalue weighted by Crippen LogP contribution is 2.35. The number of hydrogen-bond donors (Lipinski definition) is 1. The number of thiophene rings is 1. The number of pyridine rings is 1. The molecule has 4 aromatic rings. The van der Waals surface area contributed by atoms with E-state index < -0.39 is 0 Å². The molecule has 0 amide bonds. The number of benzene rings is 1. The van der Waals surface area contributed by atoms with E-state index in [1.807, 2.05) is 25.1 Å². The van der Waals surface area contributed by atoms with Crippen LogP contribution in [-0.2, 0) is 13.1 Å². The van der Waals surface area contributed by atoms with Crippen LogP contribution in [0, 0.1) is 12.8 Å². The van der Waals surface area contributed by atoms with Crippen LogP contribution in [0.25, 0.3) is 10.9 Å². The highest BCUT2D eigenvalue weighted by Gasteiger charge is 2.32. The van der Waals surface area contributed by atoms with Crippen LogP contribution in [0.15, 0.2) is 46.6 Å². The zero-order valence-electron chi connectivity index (χ0n) is 20.8. The molecule has 1 unspecified atom stereocenters. The van der Waals surface area contributed by atoms with Crippen molar-refractivity contribution in [3.8, 4) is 0 Å². The minimum Gasteiger partial charge on any atom is -0.321 e. The highest BCUT2D eigenvalue weighted by molar-refractivity contribution is 7.09. The second-order valence-corrected chi connectivity index (χ2v) is 11.1. The monoisotopic (exact) mass is 490 g/mol. The third-order valence-electron chi connectivity index (χ3n) is 7.21. The zero-order valence-corrected chi connectivity index (χ0v) is 21.6. The lowest BCUT2D eigenvalue weighted by atomic mass is 9.94. The van der Waals surface area contributed by atoms with Crippen LogP contribution in [0.5, 0.6) is 0 Å². The van der Waals surface area contributed by atoms with Gasteiger partial charge in [0.1, 0.15) is 0 Å². The molecule has 1 aromatic carbocycles. The van der Waals surface area contributed by atoms with Gasteiger partial charge in [0.15, 0.2) is 5.82 Å². The predicted molar refractivity (Wildman–Crippen MR) is 140 cm³/mol. The molecule has 1 atom stereocenters. The first kappa shape index (κ1) is 23.9. The Hall–Kier alpha value is -2.84. The Kier molecular flexibility index (Phi) is 7.11. The first-order valence-corrected chi connectivity index (χ1v) is 13.5. The molecular formula is C27H34N6OS. The van der Waals surface area contributed by atoms with Gasteiger partial charge in [-0.25, -0.2) is 4.68 Å². The lowest BCUT2D eigenvalue weighted by Gasteiger charge is -2.34. The van der Waals surface area contributed by atoms with Crippen molar-refractivity contribution in [2.45, 2.75) is 78.0 Å². The summed E-state index contributed by atoms with van der Waals surface area (Å²) >= 11 is 1.74. The molecule has 0 radical (unpaired) electrons. The number of fused-ring (bicyclic) bond motifs is 1. The third kappa shape index (κ3) is 5.09. The molecule has 0 aliphatic heterocycles. The van der Waals surface area contributed by atoms with Crippen LogP contribution >= 0.6 is 11.3 Å². The fourth-order valence-corrected chi connectivity index (χ4v) is 6.21. The number of rotatable bonds is 8. The van der Waals surface area contributed by atoms with Crippen LogP contribution in [-0.4, -0.2) is 30.1 Å². The number of aryl methyl sites for hydroxylation is 1. The van der Waals surface area contributed by atoms with Crippen LogP contribution in [0.1, 0.15) is 79.9 Å². The Morgan fingerprint density at radius 2 is 1.97 bits per heavy atom. The number of tetrazole rings is 1. The van der Waals surface area contributed by atoms with Gasteiger partial charge in [0.25, 0.3) is 5.56 Å². The second kappa shape index (κ2) is 10.4. The molecule has 1 N–H and O–H groups in total. The van der Waals surface area contributed by atoms with Gasteiger partial charge < -0.3 is 4.98 Å². The van der Waals surface area contributed by atoms with Gasteiger partial charge in [0.05, 0.1) is 17.6 Å². The number of aromatic nitrogens is 5. The fraction of sp³-hybridized carbons (Fsp3) is 0.481. The molecule has 8 heteroatoms. The van der Waals surface area contributed by atoms with Gasteiger partial charge in [-0.2, -0.15) is 0 Å². The summed E-state index contributed by atoms with van der Waals surface area (Å²) in [5.41, 5.74) is 2.72. The van der Waals surface area contributed by atoms with Gasteiger partial charge >= 0.3 is 0 Å². The maximum Gasteiger partial charge on any atom is 0.252 e. The Labute approximate surface area is 210 Å². The van der Waals surface area contributed by atoms with Crippen molar-refractivity contribution in [2.24, 2.45) is 5.92 Å². The van der Waals surface area contributed by atoms with E-state index >= 15 is 0 Å². The van der Waals surface area contributed by atoms with Crippen molar-refractivity contribution in [2.75, 3.05) is 0 Å². The lowest BCUT2D eigenvalue weighted by Crippen LogP contribution is -2.35. The fourth-order valence-electron chi connectivity index (χ4n) is 5.48. The Morgan fingerprint density at radius 1 is 1.14 bits per heavy atom. The summed E-state index contributed by atoms with van der Waals surface area (Å²) in [5, 5.41) is 16.3. The summed E-state index contributed by atoms with van der Waals surface area (Å²) in [6.07, 6.45) is 5.98. The van der Waals surface area contributed by atoms with Gasteiger partial charge in [0, 0.05) is 23.5 Å². The molecule has 0 spiro atoms. The van der Waals surface area contributed by atoms with Crippen LogP contribution < -0.4 is 5.56 Å². The van der Waals surface area contributed by atoms with E-state index in [4.69, 9.17) is 0 Å². The summed E-state index contributed by atoms with van der Waals surface area (Å²) in [4.78, 5) is 20.0. The van der Waals surface area contributed by atoms with Gasteiger partial charge in [-0.3, -0.25) is 9.69 Å². The molecule has 35 heavy (non-hydrogen) atoms. The summed E-state index contributed by atoms with van der Waals surface area (Å²) in [6, 6.07) is 12.8. The summed E-state index contributed by atoms with van der Waals surface area (Å²) in [5.74, 6) is 1.18. The molecule has 1 saturated carbocycles. The van der Waals surface area contributed by atoms with E-state index in [9.17, 15) is 4.79 Å². The molecule has 5 rings (SSSR count). The van der Waals surface area contributed by atoms with E-state index in [0.29, 0.717) is 12.6 Å². The van der Waals surface area contributed by atoms with Gasteiger partial charge in [-0.1, -0.05) is 57.4 Å². The maximum atomic E-state index is 13.2. The quantitative estimate of drug-likeness (QED) is 0.338. The summed E-state index contributed by atoms with van der Waals surface area (Å²) in [7, 11) is 0. The smallest absolute Gasteiger partial charge is 0.252 e. The number of para-hydroxylation sites is 1. The number of nitrogens with zero attached hydrogens (tertiary/aromatic N) is 5. The normalized spacial score (nSPS) is 15.9. The Morgan fingerprint density at radius 3 is 2.71 bits per heavy atom. The summed E-state index contributed by atoms with van der Waals surface area (Å²) < 4.78 is 2.08. The number of nitrogens with one attached hydrogen (secondary N) is 1. The summed E-state index contributed by atoms with van der Waals surface area (Å²) in [6.45, 7) is 7.74. The van der Waals surface area contributed by atoms with Crippen molar-refractivity contribution in [1.82, 2.24) is 30.1 Å². The highest BCUT2D eigenvalue weighted by atomic mass is 32.1. The average molecular weight is 491 g/mol. The number of hydrogen-bond acceptors (Lipinski definition) is 6. The Bertz CT molecular complexity index is 1320. The molecule has 1 aliphatic rings. The molecule has 0 saturated heterocycles. The van der Waals surface area contributed by atoms with Crippen molar-refractivity contribution in [3.63, 3.8) is 0 Å². The van der Waals surface area contributed by atoms with Crippen LogP contribution in [0.2, 0.25) is 0 Å². The van der Waals surface area contributed by atoms with Crippen molar-refractivity contribution in [3.05, 3.63) is 74.0 Å². The molecule has 3 heterocycles. The van der Waals surface area contributed by atoms with Crippen molar-refractivity contribution >= 4 is 22.2 Å². The standard InChI is InChI=1S/C27H34N6OS/c1-18(2)25(26-29-30-31-33(26)22-11-5-4-6-12-22)32(17-23-13-8-14-35-23)16-21-15-20-10-7-9-19(3)24(20)28-27(21)34/h7-10,13-15,18,22,25H,4-6,11-12,16-17H2,1-3H3,(H,28,34).